The van der Waals surface area contributed by atoms with Gasteiger partial charge in [0.2, 0.25) is 5.91 Å². The SMILES string of the molecule is CCCCCCN(CCO)C(=O)CCc1cccc(N)c1. The lowest BCUT2D eigenvalue weighted by atomic mass is 10.1. The van der Waals surface area contributed by atoms with Gasteiger partial charge in [0, 0.05) is 25.2 Å². The number of aliphatic hydroxyl groups excluding tert-OH is 1. The van der Waals surface area contributed by atoms with E-state index < -0.39 is 0 Å². The van der Waals surface area contributed by atoms with Gasteiger partial charge in [-0.1, -0.05) is 38.3 Å². The van der Waals surface area contributed by atoms with Crippen molar-refractivity contribution in [2.24, 2.45) is 0 Å². The second-order valence-corrected chi connectivity index (χ2v) is 5.41. The van der Waals surface area contributed by atoms with Gasteiger partial charge in [-0.3, -0.25) is 4.79 Å². The van der Waals surface area contributed by atoms with Crippen LogP contribution in [0.2, 0.25) is 0 Å². The molecule has 1 amide bonds. The van der Waals surface area contributed by atoms with Crippen molar-refractivity contribution in [3.05, 3.63) is 29.8 Å². The molecule has 0 radical (unpaired) electrons. The number of nitrogens with two attached hydrogens (primary N) is 1. The molecule has 1 aromatic carbocycles. The number of carbonyl (C=O) groups excluding carboxylic acids is 1. The summed E-state index contributed by atoms with van der Waals surface area (Å²) >= 11 is 0. The Kier molecular flexibility index (Phi) is 8.51. The van der Waals surface area contributed by atoms with Crippen molar-refractivity contribution >= 4 is 11.6 Å². The number of carbonyl (C=O) groups is 1. The summed E-state index contributed by atoms with van der Waals surface area (Å²) in [5, 5.41) is 9.10. The highest BCUT2D eigenvalue weighted by molar-refractivity contribution is 5.76. The molecule has 0 fully saturated rings. The Morgan fingerprint density at radius 1 is 1.24 bits per heavy atom. The van der Waals surface area contributed by atoms with Crippen LogP contribution in [0.5, 0.6) is 0 Å². The van der Waals surface area contributed by atoms with E-state index in [1.807, 2.05) is 24.3 Å². The largest absolute Gasteiger partial charge is 0.399 e. The van der Waals surface area contributed by atoms with Crippen LogP contribution in [0.15, 0.2) is 24.3 Å². The molecule has 0 bridgehead atoms. The molecule has 0 spiro atoms. The molecule has 0 aromatic heterocycles. The molecule has 0 unspecified atom stereocenters. The average molecular weight is 292 g/mol. The summed E-state index contributed by atoms with van der Waals surface area (Å²) in [7, 11) is 0. The van der Waals surface area contributed by atoms with E-state index in [0.29, 0.717) is 19.4 Å². The second-order valence-electron chi connectivity index (χ2n) is 5.41. The first-order valence-corrected chi connectivity index (χ1v) is 7.90. The lowest BCUT2D eigenvalue weighted by molar-refractivity contribution is -0.131. The summed E-state index contributed by atoms with van der Waals surface area (Å²) in [6.45, 7) is 3.37. The molecule has 0 atom stereocenters. The minimum atomic E-state index is 0.0256. The van der Waals surface area contributed by atoms with Crippen molar-refractivity contribution < 1.29 is 9.90 Å². The number of hydrogen-bond acceptors (Lipinski definition) is 3. The van der Waals surface area contributed by atoms with Crippen molar-refractivity contribution in [1.29, 1.82) is 0 Å². The second kappa shape index (κ2) is 10.2. The standard InChI is InChI=1S/C17H28N2O2/c1-2-3-4-5-11-19(12-13-20)17(21)10-9-15-7-6-8-16(18)14-15/h6-8,14,20H,2-5,9-13,18H2,1H3. The summed E-state index contributed by atoms with van der Waals surface area (Å²) in [5.41, 5.74) is 7.55. The molecule has 0 saturated carbocycles. The molecule has 0 heterocycles. The summed E-state index contributed by atoms with van der Waals surface area (Å²) in [5.74, 6) is 0.114. The molecule has 0 saturated heterocycles. The van der Waals surface area contributed by atoms with Crippen molar-refractivity contribution in [1.82, 2.24) is 4.90 Å². The van der Waals surface area contributed by atoms with Gasteiger partial charge >= 0.3 is 0 Å². The maximum atomic E-state index is 12.2. The minimum Gasteiger partial charge on any atom is -0.399 e. The highest BCUT2D eigenvalue weighted by atomic mass is 16.3. The van der Waals surface area contributed by atoms with Crippen LogP contribution < -0.4 is 5.73 Å². The molecule has 4 nitrogen and oxygen atoms in total. The first-order valence-electron chi connectivity index (χ1n) is 7.90. The molecular weight excluding hydrogens is 264 g/mol. The summed E-state index contributed by atoms with van der Waals surface area (Å²) in [6.07, 6.45) is 5.70. The van der Waals surface area contributed by atoms with Gasteiger partial charge in [-0.15, -0.1) is 0 Å². The van der Waals surface area contributed by atoms with Gasteiger partial charge in [0.05, 0.1) is 6.61 Å². The van der Waals surface area contributed by atoms with Crippen LogP contribution >= 0.6 is 0 Å². The van der Waals surface area contributed by atoms with Gasteiger partial charge in [-0.25, -0.2) is 0 Å². The lowest BCUT2D eigenvalue weighted by Gasteiger charge is -2.22. The monoisotopic (exact) mass is 292 g/mol. The van der Waals surface area contributed by atoms with Crippen LogP contribution in [0.25, 0.3) is 0 Å². The normalized spacial score (nSPS) is 10.6. The molecule has 3 N–H and O–H groups in total. The fourth-order valence-electron chi connectivity index (χ4n) is 2.37. The Hall–Kier alpha value is -1.55. The van der Waals surface area contributed by atoms with E-state index in [1.165, 1.54) is 12.8 Å². The summed E-state index contributed by atoms with van der Waals surface area (Å²) < 4.78 is 0. The number of nitrogen functional groups attached to an aromatic ring is 1. The average Bonchev–Trinajstić information content (AvgIpc) is 2.48. The van der Waals surface area contributed by atoms with Crippen LogP contribution in [0.4, 0.5) is 5.69 Å². The zero-order valence-corrected chi connectivity index (χ0v) is 13.1. The fourth-order valence-corrected chi connectivity index (χ4v) is 2.37. The minimum absolute atomic E-state index is 0.0256. The van der Waals surface area contributed by atoms with Crippen molar-refractivity contribution in [2.45, 2.75) is 45.4 Å². The molecule has 1 aromatic rings. The number of aliphatic hydroxyl groups is 1. The van der Waals surface area contributed by atoms with E-state index >= 15 is 0 Å². The lowest BCUT2D eigenvalue weighted by Crippen LogP contribution is -2.34. The van der Waals surface area contributed by atoms with Crippen LogP contribution in [-0.2, 0) is 11.2 Å². The van der Waals surface area contributed by atoms with Gasteiger partial charge in [0.15, 0.2) is 0 Å². The summed E-state index contributed by atoms with van der Waals surface area (Å²) in [6, 6.07) is 7.65. The maximum absolute atomic E-state index is 12.2. The van der Waals surface area contributed by atoms with E-state index in [0.717, 1.165) is 30.6 Å². The van der Waals surface area contributed by atoms with E-state index in [1.54, 1.807) is 4.90 Å². The highest BCUT2D eigenvalue weighted by Gasteiger charge is 2.12. The third-order valence-electron chi connectivity index (χ3n) is 3.58. The molecule has 0 aliphatic carbocycles. The number of benzene rings is 1. The van der Waals surface area contributed by atoms with Crippen LogP contribution in [0.3, 0.4) is 0 Å². The van der Waals surface area contributed by atoms with Gasteiger partial charge in [0.25, 0.3) is 0 Å². The summed E-state index contributed by atoms with van der Waals surface area (Å²) in [4.78, 5) is 14.0. The van der Waals surface area contributed by atoms with Gasteiger partial charge in [0.1, 0.15) is 0 Å². The Morgan fingerprint density at radius 2 is 2.05 bits per heavy atom. The third kappa shape index (κ3) is 7.14. The molecule has 0 aliphatic rings. The first kappa shape index (κ1) is 17.5. The Morgan fingerprint density at radius 3 is 2.71 bits per heavy atom. The topological polar surface area (TPSA) is 66.6 Å². The molecule has 4 heteroatoms. The van der Waals surface area contributed by atoms with Gasteiger partial charge < -0.3 is 15.7 Å². The van der Waals surface area contributed by atoms with Gasteiger partial charge in [-0.2, -0.15) is 0 Å². The highest BCUT2D eigenvalue weighted by Crippen LogP contribution is 2.10. The third-order valence-corrected chi connectivity index (χ3v) is 3.58. The van der Waals surface area contributed by atoms with E-state index in [2.05, 4.69) is 6.92 Å². The number of rotatable bonds is 10. The predicted octanol–water partition coefficient (Wildman–Crippen LogP) is 2.60. The van der Waals surface area contributed by atoms with Crippen molar-refractivity contribution in [3.8, 4) is 0 Å². The number of aryl methyl sites for hydroxylation is 1. The number of hydrogen-bond donors (Lipinski definition) is 2. The number of anilines is 1. The molecular formula is C17H28N2O2. The number of nitrogens with zero attached hydrogens (tertiary/aromatic N) is 1. The number of unbranched alkanes of at least 4 members (excludes halogenated alkanes) is 3. The van der Waals surface area contributed by atoms with Gasteiger partial charge in [-0.05, 0) is 30.5 Å². The Bertz CT molecular complexity index is 421. The first-order chi connectivity index (χ1) is 10.2. The smallest absolute Gasteiger partial charge is 0.222 e. The van der Waals surface area contributed by atoms with Crippen LogP contribution in [0.1, 0.15) is 44.6 Å². The predicted molar refractivity (Wildman–Crippen MR) is 87.0 cm³/mol. The zero-order chi connectivity index (χ0) is 15.5. The van der Waals surface area contributed by atoms with Crippen LogP contribution in [-0.4, -0.2) is 35.6 Å². The quantitative estimate of drug-likeness (QED) is 0.514. The molecule has 1 rings (SSSR count). The Labute approximate surface area is 128 Å². The molecule has 21 heavy (non-hydrogen) atoms. The van der Waals surface area contributed by atoms with Crippen molar-refractivity contribution in [2.75, 3.05) is 25.4 Å². The van der Waals surface area contributed by atoms with E-state index in [9.17, 15) is 4.79 Å². The maximum Gasteiger partial charge on any atom is 0.222 e. The Balaban J connectivity index is 2.41. The number of amides is 1. The zero-order valence-electron chi connectivity index (χ0n) is 13.1. The van der Waals surface area contributed by atoms with E-state index in [-0.39, 0.29) is 12.5 Å². The van der Waals surface area contributed by atoms with E-state index in [4.69, 9.17) is 10.8 Å². The molecule has 118 valence electrons. The molecule has 0 aliphatic heterocycles. The van der Waals surface area contributed by atoms with Crippen molar-refractivity contribution in [3.63, 3.8) is 0 Å². The van der Waals surface area contributed by atoms with Crippen LogP contribution in [0, 0.1) is 0 Å². The fraction of sp³-hybridized carbons (Fsp3) is 0.588.